The van der Waals surface area contributed by atoms with Crippen molar-refractivity contribution in [3.63, 3.8) is 0 Å². The largest absolute Gasteiger partial charge is 0.511 e. The third-order valence-corrected chi connectivity index (χ3v) is 4.81. The lowest BCUT2D eigenvalue weighted by atomic mass is 10.1. The number of anilines is 1. The molecule has 0 aliphatic heterocycles. The molecule has 2 aromatic heterocycles. The average Bonchev–Trinajstić information content (AvgIpc) is 2.71. The highest BCUT2D eigenvalue weighted by atomic mass is 16.7. The van der Waals surface area contributed by atoms with Gasteiger partial charge in [0.2, 0.25) is 0 Å². The summed E-state index contributed by atoms with van der Waals surface area (Å²) in [6.45, 7) is 4.15. The molecule has 2 heterocycles. The zero-order valence-electron chi connectivity index (χ0n) is 16.3. The molecule has 4 aromatic rings. The topological polar surface area (TPSA) is 88.4 Å². The molecule has 2 aromatic carbocycles. The zero-order valence-corrected chi connectivity index (χ0v) is 16.3. The van der Waals surface area contributed by atoms with Crippen molar-refractivity contribution in [1.29, 1.82) is 0 Å². The summed E-state index contributed by atoms with van der Waals surface area (Å²) in [5.74, 6) is 0.921. The predicted molar refractivity (Wildman–Crippen MR) is 112 cm³/mol. The number of rotatable bonds is 4. The van der Waals surface area contributed by atoms with E-state index in [0.717, 1.165) is 22.2 Å². The van der Waals surface area contributed by atoms with Gasteiger partial charge in [0.05, 0.1) is 16.6 Å². The Morgan fingerprint density at radius 1 is 1.03 bits per heavy atom. The third-order valence-electron chi connectivity index (χ3n) is 4.81. The van der Waals surface area contributed by atoms with Gasteiger partial charge >= 0.3 is 6.16 Å². The summed E-state index contributed by atoms with van der Waals surface area (Å²) in [6.07, 6.45) is 0.408. The number of carboxylic acid groups (broad SMARTS) is 1. The maximum Gasteiger partial charge on any atom is 0.511 e. The lowest BCUT2D eigenvalue weighted by Gasteiger charge is -2.25. The Kier molecular flexibility index (Phi) is 4.72. The van der Waals surface area contributed by atoms with Gasteiger partial charge in [-0.25, -0.2) is 14.8 Å². The summed E-state index contributed by atoms with van der Waals surface area (Å²) < 4.78 is 4.76. The van der Waals surface area contributed by atoms with Gasteiger partial charge < -0.3 is 14.7 Å². The molecule has 7 heteroatoms. The Hall–Kier alpha value is -3.74. The fraction of sp³-hybridized carbons (Fsp3) is 0.182. The number of hydrogen-bond acceptors (Lipinski definition) is 6. The monoisotopic (exact) mass is 388 g/mol. The molecule has 0 radical (unpaired) electrons. The molecule has 4 rings (SSSR count). The molecule has 7 nitrogen and oxygen atoms in total. The SMILES string of the molecule is CC(C)N(C)c1nc2cc(OC(=O)O)ccc2nc1-c1ccc2ncccc2c1. The Labute approximate surface area is 167 Å². The summed E-state index contributed by atoms with van der Waals surface area (Å²) in [6, 6.07) is 15.0. The molecule has 146 valence electrons. The van der Waals surface area contributed by atoms with Gasteiger partial charge in [0.25, 0.3) is 0 Å². The third kappa shape index (κ3) is 3.67. The Morgan fingerprint density at radius 3 is 2.59 bits per heavy atom. The van der Waals surface area contributed by atoms with Gasteiger partial charge in [0.1, 0.15) is 11.4 Å². The zero-order chi connectivity index (χ0) is 20.5. The first-order valence-corrected chi connectivity index (χ1v) is 9.23. The number of ether oxygens (including phenoxy) is 1. The van der Waals surface area contributed by atoms with Crippen molar-refractivity contribution >= 4 is 33.9 Å². The summed E-state index contributed by atoms with van der Waals surface area (Å²) in [5, 5.41) is 9.89. The van der Waals surface area contributed by atoms with Gasteiger partial charge in [-0.1, -0.05) is 12.1 Å². The Bertz CT molecular complexity index is 1220. The van der Waals surface area contributed by atoms with E-state index in [4.69, 9.17) is 19.8 Å². The van der Waals surface area contributed by atoms with Crippen molar-refractivity contribution < 1.29 is 14.6 Å². The Balaban J connectivity index is 1.92. The van der Waals surface area contributed by atoms with E-state index in [1.807, 2.05) is 36.2 Å². The fourth-order valence-electron chi connectivity index (χ4n) is 3.10. The van der Waals surface area contributed by atoms with Crippen molar-refractivity contribution in [2.45, 2.75) is 19.9 Å². The average molecular weight is 388 g/mol. The van der Waals surface area contributed by atoms with Crippen LogP contribution < -0.4 is 9.64 Å². The second-order valence-electron chi connectivity index (χ2n) is 7.03. The van der Waals surface area contributed by atoms with E-state index in [2.05, 4.69) is 24.9 Å². The minimum absolute atomic E-state index is 0.195. The van der Waals surface area contributed by atoms with E-state index in [1.165, 1.54) is 0 Å². The van der Waals surface area contributed by atoms with Crippen LogP contribution in [0.4, 0.5) is 10.6 Å². The van der Waals surface area contributed by atoms with E-state index in [1.54, 1.807) is 24.4 Å². The summed E-state index contributed by atoms with van der Waals surface area (Å²) in [5.41, 5.74) is 3.83. The smallest absolute Gasteiger partial charge is 0.449 e. The molecule has 0 unspecified atom stereocenters. The van der Waals surface area contributed by atoms with Gasteiger partial charge in [-0.15, -0.1) is 0 Å². The van der Waals surface area contributed by atoms with Crippen molar-refractivity contribution in [2.24, 2.45) is 0 Å². The van der Waals surface area contributed by atoms with Gasteiger partial charge in [0.15, 0.2) is 5.82 Å². The molecule has 0 aliphatic rings. The number of pyridine rings is 1. The van der Waals surface area contributed by atoms with Crippen molar-refractivity contribution in [2.75, 3.05) is 11.9 Å². The molecule has 0 fully saturated rings. The van der Waals surface area contributed by atoms with Crippen LogP contribution >= 0.6 is 0 Å². The van der Waals surface area contributed by atoms with Gasteiger partial charge in [-0.2, -0.15) is 0 Å². The van der Waals surface area contributed by atoms with Crippen molar-refractivity contribution in [3.8, 4) is 17.0 Å². The maximum absolute atomic E-state index is 10.8. The number of nitrogens with zero attached hydrogens (tertiary/aromatic N) is 4. The number of fused-ring (bicyclic) bond motifs is 2. The maximum atomic E-state index is 10.8. The highest BCUT2D eigenvalue weighted by Gasteiger charge is 2.18. The van der Waals surface area contributed by atoms with E-state index in [0.29, 0.717) is 16.9 Å². The number of benzene rings is 2. The minimum Gasteiger partial charge on any atom is -0.449 e. The second kappa shape index (κ2) is 7.35. The van der Waals surface area contributed by atoms with Crippen LogP contribution in [0.15, 0.2) is 54.7 Å². The molecule has 0 saturated heterocycles. The second-order valence-corrected chi connectivity index (χ2v) is 7.03. The molecule has 1 N–H and O–H groups in total. The van der Waals surface area contributed by atoms with Crippen molar-refractivity contribution in [1.82, 2.24) is 15.0 Å². The van der Waals surface area contributed by atoms with Gasteiger partial charge in [-0.3, -0.25) is 4.98 Å². The fourth-order valence-corrected chi connectivity index (χ4v) is 3.10. The van der Waals surface area contributed by atoms with Crippen LogP contribution in [0, 0.1) is 0 Å². The van der Waals surface area contributed by atoms with Gasteiger partial charge in [0, 0.05) is 36.3 Å². The quantitative estimate of drug-likeness (QED) is 0.399. The lowest BCUT2D eigenvalue weighted by Crippen LogP contribution is -2.27. The first kappa shape index (κ1) is 18.6. The van der Waals surface area contributed by atoms with Crippen LogP contribution in [0.1, 0.15) is 13.8 Å². The highest BCUT2D eigenvalue weighted by Crippen LogP contribution is 2.32. The molecule has 0 saturated carbocycles. The van der Waals surface area contributed by atoms with E-state index in [-0.39, 0.29) is 11.8 Å². The van der Waals surface area contributed by atoms with Crippen LogP contribution in [-0.2, 0) is 0 Å². The van der Waals surface area contributed by atoms with Crippen LogP contribution in [-0.4, -0.2) is 39.3 Å². The summed E-state index contributed by atoms with van der Waals surface area (Å²) in [7, 11) is 1.96. The summed E-state index contributed by atoms with van der Waals surface area (Å²) in [4.78, 5) is 26.9. The first-order valence-electron chi connectivity index (χ1n) is 9.23. The highest BCUT2D eigenvalue weighted by molar-refractivity contribution is 5.89. The summed E-state index contributed by atoms with van der Waals surface area (Å²) >= 11 is 0. The van der Waals surface area contributed by atoms with E-state index < -0.39 is 6.16 Å². The molecular formula is C22H20N4O3. The molecule has 0 spiro atoms. The minimum atomic E-state index is -1.36. The van der Waals surface area contributed by atoms with Crippen LogP contribution in [0.2, 0.25) is 0 Å². The standard InChI is InChI=1S/C22H20N4O3/c1-13(2)26(3)21-20(15-6-8-17-14(11-15)5-4-10-23-17)24-18-9-7-16(29-22(27)28)12-19(18)25-21/h4-13H,1-3H3,(H,27,28). The van der Waals surface area contributed by atoms with Crippen LogP contribution in [0.25, 0.3) is 33.2 Å². The van der Waals surface area contributed by atoms with Crippen molar-refractivity contribution in [3.05, 3.63) is 54.7 Å². The predicted octanol–water partition coefficient (Wildman–Crippen LogP) is 4.75. The van der Waals surface area contributed by atoms with Crippen LogP contribution in [0.5, 0.6) is 5.75 Å². The molecule has 0 bridgehead atoms. The van der Waals surface area contributed by atoms with E-state index in [9.17, 15) is 4.79 Å². The van der Waals surface area contributed by atoms with E-state index >= 15 is 0 Å². The molecule has 0 atom stereocenters. The molecular weight excluding hydrogens is 368 g/mol. The normalized spacial score (nSPS) is 11.2. The van der Waals surface area contributed by atoms with Gasteiger partial charge in [-0.05, 0) is 44.2 Å². The lowest BCUT2D eigenvalue weighted by molar-refractivity contribution is 0.144. The first-order chi connectivity index (χ1) is 13.9. The number of aromatic nitrogens is 3. The van der Waals surface area contributed by atoms with Crippen LogP contribution in [0.3, 0.4) is 0 Å². The molecule has 0 amide bonds. The number of hydrogen-bond donors (Lipinski definition) is 1. The number of carbonyl (C=O) groups is 1. The molecule has 29 heavy (non-hydrogen) atoms. The molecule has 0 aliphatic carbocycles. The Morgan fingerprint density at radius 2 is 1.83 bits per heavy atom.